The highest BCUT2D eigenvalue weighted by Crippen LogP contribution is 2.47. The van der Waals surface area contributed by atoms with Gasteiger partial charge in [-0.05, 0) is 76.0 Å². The lowest BCUT2D eigenvalue weighted by Crippen LogP contribution is -2.47. The summed E-state index contributed by atoms with van der Waals surface area (Å²) in [5.41, 5.74) is 12.4. The van der Waals surface area contributed by atoms with Crippen LogP contribution in [-0.4, -0.2) is 104 Å². The number of carbonyl (C=O) groups excluding carboxylic acids is 1. The Labute approximate surface area is 415 Å². The predicted molar refractivity (Wildman–Crippen MR) is 274 cm³/mol. The molecule has 3 aliphatic rings. The van der Waals surface area contributed by atoms with Gasteiger partial charge in [-0.15, -0.1) is 4.73 Å². The molecule has 1 atom stereocenters. The summed E-state index contributed by atoms with van der Waals surface area (Å²) in [7, 11) is -7.33. The van der Waals surface area contributed by atoms with Crippen molar-refractivity contribution in [2.75, 3.05) is 50.6 Å². The molecule has 71 heavy (non-hydrogen) atoms. The van der Waals surface area contributed by atoms with Gasteiger partial charge in [0, 0.05) is 84.2 Å². The van der Waals surface area contributed by atoms with Crippen LogP contribution < -0.4 is 20.2 Å². The van der Waals surface area contributed by atoms with E-state index in [-0.39, 0.29) is 48.4 Å². The Morgan fingerprint density at radius 1 is 0.887 bits per heavy atom. The molecule has 4 heterocycles. The van der Waals surface area contributed by atoms with Crippen LogP contribution in [0, 0.1) is 0 Å². The van der Waals surface area contributed by atoms with Crippen molar-refractivity contribution < 1.29 is 59.5 Å². The minimum absolute atomic E-state index is 0.150. The summed E-state index contributed by atoms with van der Waals surface area (Å²) in [6, 6.07) is 20.8. The van der Waals surface area contributed by atoms with Gasteiger partial charge in [-0.1, -0.05) is 72.9 Å². The summed E-state index contributed by atoms with van der Waals surface area (Å²) in [6.45, 7) is 10.7. The Kier molecular flexibility index (Phi) is 16.1. The fourth-order valence-corrected chi connectivity index (χ4v) is 10.5. The van der Waals surface area contributed by atoms with Crippen LogP contribution in [0.15, 0.2) is 132 Å². The number of aromatic nitrogens is 1. The van der Waals surface area contributed by atoms with E-state index in [9.17, 15) is 36.4 Å². The van der Waals surface area contributed by atoms with E-state index in [1.807, 2.05) is 90.4 Å². The van der Waals surface area contributed by atoms with Gasteiger partial charge in [0.15, 0.2) is 5.71 Å². The first-order valence-corrected chi connectivity index (χ1v) is 26.2. The van der Waals surface area contributed by atoms with Crippen LogP contribution in [0.25, 0.3) is 16.9 Å². The summed E-state index contributed by atoms with van der Waals surface area (Å²) < 4.78 is 79.3. The molecule has 0 aliphatic carbocycles. The number of carbonyl (C=O) groups is 1. The number of allylic oxidation sites excluding steroid dienone is 10. The molecule has 0 fully saturated rings. The van der Waals surface area contributed by atoms with E-state index in [1.54, 1.807) is 6.07 Å². The number of aromatic hydroxyl groups is 2. The number of benzene rings is 3. The molecule has 0 radical (unpaired) electrons. The second-order valence-corrected chi connectivity index (χ2v) is 21.4. The van der Waals surface area contributed by atoms with Crippen molar-refractivity contribution in [3.8, 4) is 17.5 Å². The lowest BCUT2D eigenvalue weighted by molar-refractivity contribution is -0.437. The molecule has 3 aliphatic heterocycles. The van der Waals surface area contributed by atoms with Crippen LogP contribution in [-0.2, 0) is 39.4 Å². The molecule has 1 unspecified atom stereocenters. The first-order valence-electron chi connectivity index (χ1n) is 23.2. The predicted octanol–water partition coefficient (Wildman–Crippen LogP) is 7.86. The van der Waals surface area contributed by atoms with Crippen molar-refractivity contribution in [3.63, 3.8) is 0 Å². The molecule has 0 bridgehead atoms. The molecule has 0 saturated heterocycles. The number of rotatable bonds is 21. The number of nitrogens with two attached hydrogens (primary N) is 1. The Hall–Kier alpha value is -6.54. The van der Waals surface area contributed by atoms with Crippen LogP contribution >= 0.6 is 0 Å². The molecule has 0 saturated carbocycles. The van der Waals surface area contributed by atoms with Gasteiger partial charge in [-0.2, -0.15) is 21.4 Å². The van der Waals surface area contributed by atoms with Crippen LogP contribution in [0.5, 0.6) is 17.5 Å². The molecule has 7 rings (SSSR count). The van der Waals surface area contributed by atoms with E-state index < -0.39 is 43.4 Å². The van der Waals surface area contributed by atoms with Crippen molar-refractivity contribution in [2.24, 2.45) is 5.73 Å². The molecule has 4 aromatic rings. The van der Waals surface area contributed by atoms with Gasteiger partial charge < -0.3 is 35.2 Å². The van der Waals surface area contributed by atoms with Crippen LogP contribution in [0.3, 0.4) is 0 Å². The molecule has 18 heteroatoms. The summed E-state index contributed by atoms with van der Waals surface area (Å²) in [6.07, 6.45) is 18.0. The molecule has 0 spiro atoms. The summed E-state index contributed by atoms with van der Waals surface area (Å²) in [5.74, 6) is -0.535. The smallest absolute Gasteiger partial charge is 0.333 e. The number of fused-ring (bicyclic) bond motifs is 3. The minimum atomic E-state index is -4.62. The maximum Gasteiger partial charge on any atom is 0.333 e. The second kappa shape index (κ2) is 21.8. The SMILES string of the molecule is COS(=O)(=O)CCC[N+]1=C(C=CC=CC=CC=C2C=C(c3ccccc3)Oc3cc4c(cc32)C(C)=CC(C)(C)N4CCOCCN)C(C)(CCCC(=O)On2c(O)ccc2O)c2cc(S(=O)(=O)O)ccc21. The molecule has 5 N–H and O–H groups in total. The van der Waals surface area contributed by atoms with E-state index in [0.29, 0.717) is 53.8 Å². The van der Waals surface area contributed by atoms with Gasteiger partial charge in [0.05, 0.1) is 41.9 Å². The molecule has 0 amide bonds. The van der Waals surface area contributed by atoms with Crippen molar-refractivity contribution >= 4 is 60.2 Å². The second-order valence-electron chi connectivity index (χ2n) is 18.1. The van der Waals surface area contributed by atoms with E-state index in [2.05, 4.69) is 43.9 Å². The highest BCUT2D eigenvalue weighted by atomic mass is 32.2. The highest BCUT2D eigenvalue weighted by molar-refractivity contribution is 7.86. The van der Waals surface area contributed by atoms with Crippen LogP contribution in [0.1, 0.15) is 75.6 Å². The standard InChI is InChI=1S/C53H60N4O12S2/c1-37-36-52(2,3)56(28-30-67-29-26-54)45-35-47-42(34-41(37)45)39(32-46(68-47)38-16-11-9-12-17-38)18-10-7-6-8-13-19-48-53(4,25-14-20-51(60)69-57-49(58)23-24-50(57)59)43-33-40(71(63,64)65)21-22-44(43)55(48)27-15-31-70(61,62)66-5/h6-13,16-19,21-24,32-36H,14-15,20,25-31,54H2,1-5H3,(H2-,58,59,63,64,65)/p+1. The average molecular weight is 1010 g/mol. The average Bonchev–Trinajstić information content (AvgIpc) is 3.76. The van der Waals surface area contributed by atoms with Crippen molar-refractivity contribution in [3.05, 3.63) is 150 Å². The van der Waals surface area contributed by atoms with Crippen molar-refractivity contribution in [1.29, 1.82) is 0 Å². The fourth-order valence-electron chi connectivity index (χ4n) is 9.32. The molecule has 16 nitrogen and oxygen atoms in total. The van der Waals surface area contributed by atoms with Gasteiger partial charge in [0.25, 0.3) is 20.2 Å². The number of hydrogen-bond acceptors (Lipinski definition) is 13. The number of hydrogen-bond donors (Lipinski definition) is 4. The largest absolute Gasteiger partial charge is 0.492 e. The van der Waals surface area contributed by atoms with E-state index >= 15 is 0 Å². The number of nitrogens with zero attached hydrogens (tertiary/aromatic N) is 3. The first kappa shape index (κ1) is 52.3. The lowest BCUT2D eigenvalue weighted by atomic mass is 9.75. The Bertz CT molecular complexity index is 3090. The number of ether oxygens (including phenoxy) is 2. The van der Waals surface area contributed by atoms with Crippen molar-refractivity contribution in [1.82, 2.24) is 4.73 Å². The van der Waals surface area contributed by atoms with Crippen LogP contribution in [0.2, 0.25) is 0 Å². The highest BCUT2D eigenvalue weighted by Gasteiger charge is 2.48. The molecule has 1 aromatic heterocycles. The fraction of sp³-hybridized carbons (Fsp3) is 0.321. The van der Waals surface area contributed by atoms with E-state index in [4.69, 9.17) is 24.2 Å². The Morgan fingerprint density at radius 2 is 1.61 bits per heavy atom. The van der Waals surface area contributed by atoms with Gasteiger partial charge in [-0.3, -0.25) is 8.74 Å². The minimum Gasteiger partial charge on any atom is -0.492 e. The van der Waals surface area contributed by atoms with Crippen LogP contribution in [0.4, 0.5) is 11.4 Å². The first-order chi connectivity index (χ1) is 33.8. The molecular weight excluding hydrogens is 949 g/mol. The van der Waals surface area contributed by atoms with E-state index in [0.717, 1.165) is 46.4 Å². The van der Waals surface area contributed by atoms with Gasteiger partial charge in [-0.25, -0.2) is 4.79 Å². The lowest BCUT2D eigenvalue weighted by Gasteiger charge is -2.44. The maximum atomic E-state index is 12.9. The summed E-state index contributed by atoms with van der Waals surface area (Å²) in [4.78, 5) is 20.1. The molecular formula is C53H61N4O12S2+. The quantitative estimate of drug-likeness (QED) is 0.0205. The third-order valence-electron chi connectivity index (χ3n) is 12.7. The van der Waals surface area contributed by atoms with Gasteiger partial charge in [0.2, 0.25) is 17.4 Å². The summed E-state index contributed by atoms with van der Waals surface area (Å²) >= 11 is 0. The Morgan fingerprint density at radius 3 is 2.31 bits per heavy atom. The normalized spacial score (nSPS) is 18.2. The zero-order chi connectivity index (χ0) is 51.1. The maximum absolute atomic E-state index is 12.9. The topological polar surface area (TPSA) is 220 Å². The Balaban J connectivity index is 1.20. The monoisotopic (exact) mass is 1010 g/mol. The van der Waals surface area contributed by atoms with Crippen molar-refractivity contribution in [2.45, 2.75) is 69.2 Å². The zero-order valence-corrected chi connectivity index (χ0v) is 42.1. The zero-order valence-electron chi connectivity index (χ0n) is 40.4. The third kappa shape index (κ3) is 12.0. The third-order valence-corrected chi connectivity index (χ3v) is 14.9. The number of anilines is 1. The molecule has 376 valence electrons. The molecule has 3 aromatic carbocycles. The summed E-state index contributed by atoms with van der Waals surface area (Å²) in [5, 5.41) is 20.0. The van der Waals surface area contributed by atoms with Gasteiger partial charge >= 0.3 is 5.97 Å². The van der Waals surface area contributed by atoms with Gasteiger partial charge in [0.1, 0.15) is 18.1 Å². The van der Waals surface area contributed by atoms with E-state index in [1.165, 1.54) is 24.3 Å².